The third-order valence-corrected chi connectivity index (χ3v) is 5.43. The SMILES string of the molecule is NC(=O)C(CCNCCc1ccccc1)(c1ccccc1)c1csc(N)n1. The maximum atomic E-state index is 12.6. The summed E-state index contributed by atoms with van der Waals surface area (Å²) in [5, 5.41) is 5.69. The summed E-state index contributed by atoms with van der Waals surface area (Å²) in [7, 11) is 0. The van der Waals surface area contributed by atoms with Gasteiger partial charge in [0.25, 0.3) is 0 Å². The van der Waals surface area contributed by atoms with E-state index in [9.17, 15) is 4.79 Å². The highest BCUT2D eigenvalue weighted by molar-refractivity contribution is 7.13. The van der Waals surface area contributed by atoms with Crippen LogP contribution in [-0.2, 0) is 16.6 Å². The summed E-state index contributed by atoms with van der Waals surface area (Å²) in [6.07, 6.45) is 1.45. The second kappa shape index (κ2) is 8.79. The van der Waals surface area contributed by atoms with Crippen molar-refractivity contribution >= 4 is 22.4 Å². The van der Waals surface area contributed by atoms with Crippen LogP contribution in [0.1, 0.15) is 23.2 Å². The first-order valence-electron chi connectivity index (χ1n) is 8.94. The maximum Gasteiger partial charge on any atom is 0.234 e. The van der Waals surface area contributed by atoms with Crippen molar-refractivity contribution in [2.75, 3.05) is 18.8 Å². The van der Waals surface area contributed by atoms with Crippen LogP contribution in [-0.4, -0.2) is 24.0 Å². The Morgan fingerprint density at radius 1 is 1.04 bits per heavy atom. The number of nitrogens with two attached hydrogens (primary N) is 2. The molecule has 5 N–H and O–H groups in total. The minimum atomic E-state index is -0.991. The number of aromatic nitrogens is 1. The van der Waals surface area contributed by atoms with Crippen molar-refractivity contribution in [3.63, 3.8) is 0 Å². The molecule has 2 aromatic carbocycles. The second-order valence-electron chi connectivity index (χ2n) is 6.44. The molecule has 0 aliphatic carbocycles. The first-order valence-corrected chi connectivity index (χ1v) is 9.82. The van der Waals surface area contributed by atoms with Gasteiger partial charge in [0, 0.05) is 5.38 Å². The number of benzene rings is 2. The summed E-state index contributed by atoms with van der Waals surface area (Å²) < 4.78 is 0. The van der Waals surface area contributed by atoms with Gasteiger partial charge >= 0.3 is 0 Å². The summed E-state index contributed by atoms with van der Waals surface area (Å²) in [5.41, 5.74) is 13.5. The van der Waals surface area contributed by atoms with E-state index >= 15 is 0 Å². The molecule has 1 amide bonds. The van der Waals surface area contributed by atoms with E-state index in [0.717, 1.165) is 18.5 Å². The lowest BCUT2D eigenvalue weighted by Crippen LogP contribution is -2.44. The van der Waals surface area contributed by atoms with Crippen LogP contribution >= 0.6 is 11.3 Å². The monoisotopic (exact) mass is 380 g/mol. The highest BCUT2D eigenvalue weighted by Crippen LogP contribution is 2.36. The predicted octanol–water partition coefficient (Wildman–Crippen LogP) is 2.72. The van der Waals surface area contributed by atoms with E-state index in [-0.39, 0.29) is 0 Å². The molecule has 3 aromatic rings. The molecule has 0 bridgehead atoms. The summed E-state index contributed by atoms with van der Waals surface area (Å²) in [4.78, 5) is 17.0. The molecule has 0 aliphatic heterocycles. The molecule has 3 rings (SSSR count). The fourth-order valence-electron chi connectivity index (χ4n) is 3.30. The Bertz CT molecular complexity index is 866. The molecular weight excluding hydrogens is 356 g/mol. The van der Waals surface area contributed by atoms with Crippen LogP contribution < -0.4 is 16.8 Å². The van der Waals surface area contributed by atoms with Crippen molar-refractivity contribution in [1.82, 2.24) is 10.3 Å². The van der Waals surface area contributed by atoms with Crippen LogP contribution in [0.25, 0.3) is 0 Å². The van der Waals surface area contributed by atoms with Crippen LogP contribution in [0.15, 0.2) is 66.0 Å². The molecule has 0 radical (unpaired) electrons. The Morgan fingerprint density at radius 2 is 1.70 bits per heavy atom. The number of nitrogens with one attached hydrogen (secondary N) is 1. The standard InChI is InChI=1S/C21H24N4OS/c22-19(26)21(17-9-5-2-6-10-17,18-15-27-20(23)25-18)12-14-24-13-11-16-7-3-1-4-8-16/h1-10,15,24H,11-14H2,(H2,22,26)(H2,23,25). The van der Waals surface area contributed by atoms with Gasteiger partial charge in [0.1, 0.15) is 5.41 Å². The van der Waals surface area contributed by atoms with Gasteiger partial charge in [0.2, 0.25) is 5.91 Å². The first-order chi connectivity index (χ1) is 13.1. The third kappa shape index (κ3) is 4.35. The molecule has 0 saturated heterocycles. The molecule has 1 heterocycles. The Labute approximate surface area is 163 Å². The molecule has 5 nitrogen and oxygen atoms in total. The second-order valence-corrected chi connectivity index (χ2v) is 7.33. The summed E-state index contributed by atoms with van der Waals surface area (Å²) in [6.45, 7) is 1.47. The summed E-state index contributed by atoms with van der Waals surface area (Å²) in [5.74, 6) is -0.413. The molecule has 1 atom stereocenters. The number of carbonyl (C=O) groups is 1. The van der Waals surface area contributed by atoms with Gasteiger partial charge in [-0.05, 0) is 37.1 Å². The number of primary amides is 1. The van der Waals surface area contributed by atoms with Gasteiger partial charge < -0.3 is 16.8 Å². The van der Waals surface area contributed by atoms with E-state index < -0.39 is 11.3 Å². The number of amides is 1. The van der Waals surface area contributed by atoms with Crippen LogP contribution in [0.2, 0.25) is 0 Å². The van der Waals surface area contributed by atoms with E-state index in [1.54, 1.807) is 0 Å². The van der Waals surface area contributed by atoms with Gasteiger partial charge in [-0.15, -0.1) is 11.3 Å². The van der Waals surface area contributed by atoms with Crippen molar-refractivity contribution in [2.24, 2.45) is 5.73 Å². The highest BCUT2D eigenvalue weighted by atomic mass is 32.1. The molecule has 1 unspecified atom stereocenters. The smallest absolute Gasteiger partial charge is 0.234 e. The molecule has 0 spiro atoms. The zero-order valence-electron chi connectivity index (χ0n) is 15.1. The molecule has 0 saturated carbocycles. The van der Waals surface area contributed by atoms with Crippen molar-refractivity contribution in [1.29, 1.82) is 0 Å². The van der Waals surface area contributed by atoms with E-state index in [1.807, 2.05) is 53.9 Å². The zero-order valence-corrected chi connectivity index (χ0v) is 15.9. The molecule has 140 valence electrons. The topological polar surface area (TPSA) is 94.0 Å². The lowest BCUT2D eigenvalue weighted by Gasteiger charge is -2.30. The first kappa shape index (κ1) is 19.1. The number of hydrogen-bond donors (Lipinski definition) is 3. The average molecular weight is 381 g/mol. The van der Waals surface area contributed by atoms with Gasteiger partial charge in [0.15, 0.2) is 5.13 Å². The Hall–Kier alpha value is -2.70. The van der Waals surface area contributed by atoms with Gasteiger partial charge in [-0.1, -0.05) is 60.7 Å². The van der Waals surface area contributed by atoms with Crippen molar-refractivity contribution in [3.8, 4) is 0 Å². The Morgan fingerprint density at radius 3 is 2.30 bits per heavy atom. The summed E-state index contributed by atoms with van der Waals surface area (Å²) in [6, 6.07) is 19.9. The minimum absolute atomic E-state index is 0.413. The highest BCUT2D eigenvalue weighted by Gasteiger charge is 2.42. The van der Waals surface area contributed by atoms with Gasteiger partial charge in [-0.3, -0.25) is 4.79 Å². The van der Waals surface area contributed by atoms with E-state index in [4.69, 9.17) is 11.5 Å². The van der Waals surface area contributed by atoms with E-state index in [1.165, 1.54) is 16.9 Å². The van der Waals surface area contributed by atoms with Gasteiger partial charge in [-0.25, -0.2) is 4.98 Å². The van der Waals surface area contributed by atoms with Crippen molar-refractivity contribution in [3.05, 3.63) is 82.9 Å². The van der Waals surface area contributed by atoms with Crippen molar-refractivity contribution in [2.45, 2.75) is 18.3 Å². The number of rotatable bonds is 9. The number of hydrogen-bond acceptors (Lipinski definition) is 5. The third-order valence-electron chi connectivity index (χ3n) is 4.76. The van der Waals surface area contributed by atoms with Gasteiger partial charge in [0.05, 0.1) is 5.69 Å². The van der Waals surface area contributed by atoms with Crippen LogP contribution in [0.3, 0.4) is 0 Å². The largest absolute Gasteiger partial charge is 0.375 e. The lowest BCUT2D eigenvalue weighted by molar-refractivity contribution is -0.122. The number of thiazole rings is 1. The van der Waals surface area contributed by atoms with Crippen LogP contribution in [0.4, 0.5) is 5.13 Å². The molecule has 27 heavy (non-hydrogen) atoms. The minimum Gasteiger partial charge on any atom is -0.375 e. The quantitative estimate of drug-likeness (QED) is 0.498. The number of nitrogens with zero attached hydrogens (tertiary/aromatic N) is 1. The van der Waals surface area contributed by atoms with E-state index in [2.05, 4.69) is 22.4 Å². The molecule has 0 fully saturated rings. The number of carbonyl (C=O) groups excluding carboxylic acids is 1. The lowest BCUT2D eigenvalue weighted by atomic mass is 9.74. The number of anilines is 1. The molecule has 6 heteroatoms. The fourth-order valence-corrected chi connectivity index (χ4v) is 3.93. The maximum absolute atomic E-state index is 12.6. The van der Waals surface area contributed by atoms with Crippen molar-refractivity contribution < 1.29 is 4.79 Å². The van der Waals surface area contributed by atoms with Crippen LogP contribution in [0.5, 0.6) is 0 Å². The predicted molar refractivity (Wildman–Crippen MR) is 111 cm³/mol. The Kier molecular flexibility index (Phi) is 6.21. The Balaban J connectivity index is 1.75. The van der Waals surface area contributed by atoms with Gasteiger partial charge in [-0.2, -0.15) is 0 Å². The van der Waals surface area contributed by atoms with Crippen LogP contribution in [0, 0.1) is 0 Å². The number of nitrogen functional groups attached to an aromatic ring is 1. The molecule has 0 aliphatic rings. The molecule has 1 aromatic heterocycles. The summed E-state index contributed by atoms with van der Waals surface area (Å²) >= 11 is 1.32. The zero-order chi connectivity index (χ0) is 19.1. The average Bonchev–Trinajstić information content (AvgIpc) is 3.12. The van der Waals surface area contributed by atoms with E-state index in [0.29, 0.717) is 23.8 Å². The molecular formula is C21H24N4OS. The fraction of sp³-hybridized carbons (Fsp3) is 0.238. The normalized spacial score (nSPS) is 13.2.